The summed E-state index contributed by atoms with van der Waals surface area (Å²) in [5.74, 6) is 0.331. The predicted octanol–water partition coefficient (Wildman–Crippen LogP) is 4.22. The van der Waals surface area contributed by atoms with Gasteiger partial charge in [-0.05, 0) is 84.2 Å². The Hall–Kier alpha value is -4.45. The van der Waals surface area contributed by atoms with Crippen LogP contribution in [0.5, 0.6) is 5.75 Å². The summed E-state index contributed by atoms with van der Waals surface area (Å²) in [5, 5.41) is 14.5. The van der Waals surface area contributed by atoms with Crippen molar-refractivity contribution >= 4 is 22.8 Å². The number of nitrogens with zero attached hydrogens (tertiary/aromatic N) is 4. The molecule has 2 saturated heterocycles. The second kappa shape index (κ2) is 12.5. The first-order chi connectivity index (χ1) is 21.6. The predicted molar refractivity (Wildman–Crippen MR) is 161 cm³/mol. The molecular formula is C33H35F3N6O3. The number of alkyl halides is 3. The quantitative estimate of drug-likeness (QED) is 0.306. The topological polar surface area (TPSA) is 101 Å². The number of ether oxygens (including phenoxy) is 1. The number of amides is 2. The van der Waals surface area contributed by atoms with Gasteiger partial charge in [-0.15, -0.1) is 5.10 Å². The number of aromatic nitrogens is 3. The maximum atomic E-state index is 13.9. The summed E-state index contributed by atoms with van der Waals surface area (Å²) in [6.45, 7) is 1.18. The van der Waals surface area contributed by atoms with Crippen LogP contribution in [0.15, 0.2) is 66.7 Å². The van der Waals surface area contributed by atoms with E-state index in [1.54, 1.807) is 16.7 Å². The Labute approximate surface area is 258 Å². The molecule has 9 nitrogen and oxygen atoms in total. The van der Waals surface area contributed by atoms with Crippen LogP contribution >= 0.6 is 0 Å². The monoisotopic (exact) mass is 620 g/mol. The molecule has 1 aromatic heterocycles. The highest BCUT2D eigenvalue weighted by Crippen LogP contribution is 2.34. The number of halogens is 3. The third-order valence-corrected chi connectivity index (χ3v) is 8.94. The molecule has 45 heavy (non-hydrogen) atoms. The number of carbonyl (C=O) groups excluding carboxylic acids is 2. The van der Waals surface area contributed by atoms with E-state index in [2.05, 4.69) is 20.9 Å². The SMILES string of the molecule is COc1ccc(C[C@@H]2C[C@@H](C(=O)NCc3ccc4c(c3)nnn4C)N(C(=O)[C@H]3CC(c4ccc(C(F)(F)F)cc4)CN3)C2)cc1. The number of aryl methyl sites for hydroxylation is 1. The van der Waals surface area contributed by atoms with Gasteiger partial charge in [-0.25, -0.2) is 4.68 Å². The van der Waals surface area contributed by atoms with Gasteiger partial charge in [-0.3, -0.25) is 9.59 Å². The van der Waals surface area contributed by atoms with Crippen LogP contribution in [-0.2, 0) is 35.8 Å². The Kier molecular flexibility index (Phi) is 8.50. The smallest absolute Gasteiger partial charge is 0.416 e. The van der Waals surface area contributed by atoms with Gasteiger partial charge in [0.2, 0.25) is 11.8 Å². The van der Waals surface area contributed by atoms with Gasteiger partial charge in [-0.2, -0.15) is 13.2 Å². The Morgan fingerprint density at radius 2 is 1.76 bits per heavy atom. The molecular weight excluding hydrogens is 585 g/mol. The Morgan fingerprint density at radius 3 is 2.47 bits per heavy atom. The number of hydrogen-bond donors (Lipinski definition) is 2. The van der Waals surface area contributed by atoms with E-state index in [9.17, 15) is 22.8 Å². The van der Waals surface area contributed by atoms with Crippen LogP contribution in [0.3, 0.4) is 0 Å². The van der Waals surface area contributed by atoms with Crippen molar-refractivity contribution in [2.24, 2.45) is 13.0 Å². The summed E-state index contributed by atoms with van der Waals surface area (Å²) < 4.78 is 46.1. The molecule has 2 aliphatic heterocycles. The Bertz CT molecular complexity index is 1670. The van der Waals surface area contributed by atoms with Crippen molar-refractivity contribution in [3.63, 3.8) is 0 Å². The zero-order valence-corrected chi connectivity index (χ0v) is 25.1. The number of methoxy groups -OCH3 is 1. The van der Waals surface area contributed by atoms with E-state index in [1.165, 1.54) is 12.1 Å². The van der Waals surface area contributed by atoms with Gasteiger partial charge in [0.25, 0.3) is 0 Å². The molecule has 0 spiro atoms. The second-order valence-electron chi connectivity index (χ2n) is 11.9. The molecule has 2 amide bonds. The van der Waals surface area contributed by atoms with Crippen LogP contribution in [0, 0.1) is 5.92 Å². The van der Waals surface area contributed by atoms with E-state index in [0.29, 0.717) is 32.4 Å². The average Bonchev–Trinajstić information content (AvgIpc) is 3.79. The summed E-state index contributed by atoms with van der Waals surface area (Å²) in [7, 11) is 3.43. The largest absolute Gasteiger partial charge is 0.497 e. The number of rotatable bonds is 8. The third-order valence-electron chi connectivity index (χ3n) is 8.94. The first-order valence-electron chi connectivity index (χ1n) is 15.0. The van der Waals surface area contributed by atoms with E-state index in [-0.39, 0.29) is 30.2 Å². The van der Waals surface area contributed by atoms with Crippen LogP contribution in [0.2, 0.25) is 0 Å². The standard InChI is InChI=1S/C33H35F3N6O3/c1-41-29-12-5-21(14-27(29)39-40-41)17-38-31(43)30-15-22(13-20-3-10-26(45-2)11-4-20)19-42(30)32(44)28-16-24(18-37-28)23-6-8-25(9-7-23)33(34,35)36/h3-12,14,22,24,28,30,37H,13,15-19H2,1-2H3,(H,38,43)/t22-,24?,28-,30+/m1/s1. The van der Waals surface area contributed by atoms with Crippen molar-refractivity contribution in [3.05, 3.63) is 89.0 Å². The molecule has 4 aromatic rings. The van der Waals surface area contributed by atoms with E-state index in [0.717, 1.165) is 45.6 Å². The number of carbonyl (C=O) groups is 2. The molecule has 2 aliphatic rings. The minimum Gasteiger partial charge on any atom is -0.497 e. The van der Waals surface area contributed by atoms with Crippen LogP contribution in [-0.4, -0.2) is 64.0 Å². The molecule has 236 valence electrons. The molecule has 0 bridgehead atoms. The summed E-state index contributed by atoms with van der Waals surface area (Å²) >= 11 is 0. The number of nitrogens with one attached hydrogen (secondary N) is 2. The van der Waals surface area contributed by atoms with Crippen LogP contribution in [0.25, 0.3) is 11.0 Å². The van der Waals surface area contributed by atoms with Crippen LogP contribution in [0.4, 0.5) is 13.2 Å². The van der Waals surface area contributed by atoms with Gasteiger partial charge < -0.3 is 20.3 Å². The van der Waals surface area contributed by atoms with Crippen molar-refractivity contribution in [3.8, 4) is 5.75 Å². The molecule has 1 unspecified atom stereocenters. The lowest BCUT2D eigenvalue weighted by Crippen LogP contribution is -2.51. The highest BCUT2D eigenvalue weighted by atomic mass is 19.4. The molecule has 6 rings (SSSR count). The van der Waals surface area contributed by atoms with Gasteiger partial charge in [0.15, 0.2) is 0 Å². The van der Waals surface area contributed by atoms with Crippen molar-refractivity contribution in [1.82, 2.24) is 30.5 Å². The van der Waals surface area contributed by atoms with Gasteiger partial charge in [0.1, 0.15) is 17.3 Å². The Balaban J connectivity index is 1.15. The molecule has 0 saturated carbocycles. The van der Waals surface area contributed by atoms with E-state index in [4.69, 9.17) is 4.74 Å². The first kappa shape index (κ1) is 30.6. The molecule has 2 N–H and O–H groups in total. The van der Waals surface area contributed by atoms with Crippen molar-refractivity contribution < 1.29 is 27.5 Å². The lowest BCUT2D eigenvalue weighted by molar-refractivity contribution is -0.139. The molecule has 2 fully saturated rings. The van der Waals surface area contributed by atoms with Crippen molar-refractivity contribution in [2.45, 2.75) is 50.0 Å². The van der Waals surface area contributed by atoms with Gasteiger partial charge in [0, 0.05) is 26.7 Å². The maximum absolute atomic E-state index is 13.9. The number of fused-ring (bicyclic) bond motifs is 1. The molecule has 0 aliphatic carbocycles. The minimum atomic E-state index is -4.40. The van der Waals surface area contributed by atoms with Crippen molar-refractivity contribution in [1.29, 1.82) is 0 Å². The van der Waals surface area contributed by atoms with Gasteiger partial charge in [0.05, 0.1) is 24.2 Å². The van der Waals surface area contributed by atoms with Crippen LogP contribution in [0.1, 0.15) is 41.0 Å². The third kappa shape index (κ3) is 6.65. The highest BCUT2D eigenvalue weighted by molar-refractivity contribution is 5.90. The molecule has 12 heteroatoms. The van der Waals surface area contributed by atoms with Crippen molar-refractivity contribution in [2.75, 3.05) is 20.2 Å². The molecule has 3 aromatic carbocycles. The second-order valence-corrected chi connectivity index (χ2v) is 11.9. The summed E-state index contributed by atoms with van der Waals surface area (Å²) in [6, 6.07) is 17.4. The summed E-state index contributed by atoms with van der Waals surface area (Å²) in [5.41, 5.74) is 3.63. The zero-order chi connectivity index (χ0) is 31.7. The number of hydrogen-bond acceptors (Lipinski definition) is 6. The van der Waals surface area contributed by atoms with E-state index >= 15 is 0 Å². The Morgan fingerprint density at radius 1 is 1.02 bits per heavy atom. The fourth-order valence-electron chi connectivity index (χ4n) is 6.48. The fraction of sp³-hybridized carbons (Fsp3) is 0.394. The average molecular weight is 621 g/mol. The lowest BCUT2D eigenvalue weighted by Gasteiger charge is -2.27. The maximum Gasteiger partial charge on any atom is 0.416 e. The number of likely N-dealkylation sites (tertiary alicyclic amines) is 1. The highest BCUT2D eigenvalue weighted by Gasteiger charge is 2.43. The van der Waals surface area contributed by atoms with E-state index in [1.807, 2.05) is 49.5 Å². The lowest BCUT2D eigenvalue weighted by atomic mass is 9.95. The summed E-state index contributed by atoms with van der Waals surface area (Å²) in [6.07, 6.45) is -2.74. The molecule has 3 heterocycles. The van der Waals surface area contributed by atoms with E-state index < -0.39 is 23.8 Å². The normalized spacial score (nSPS) is 21.8. The van der Waals surface area contributed by atoms with Gasteiger partial charge >= 0.3 is 6.18 Å². The first-order valence-corrected chi connectivity index (χ1v) is 15.0. The van der Waals surface area contributed by atoms with Gasteiger partial charge in [-0.1, -0.05) is 35.5 Å². The zero-order valence-electron chi connectivity index (χ0n) is 25.1. The minimum absolute atomic E-state index is 0.0705. The van der Waals surface area contributed by atoms with Crippen LogP contribution < -0.4 is 15.4 Å². The fourth-order valence-corrected chi connectivity index (χ4v) is 6.48. The summed E-state index contributed by atoms with van der Waals surface area (Å²) in [4.78, 5) is 29.2. The number of benzene rings is 3. The molecule has 0 radical (unpaired) electrons. The molecule has 4 atom stereocenters.